The number of aliphatic hydroxyl groups excluding tert-OH is 1. The third-order valence-corrected chi connectivity index (χ3v) is 5.56. The summed E-state index contributed by atoms with van der Waals surface area (Å²) < 4.78 is 20.5. The van der Waals surface area contributed by atoms with Crippen molar-refractivity contribution in [1.82, 2.24) is 9.55 Å². The number of carbonyl (C=O) groups is 1. The molecular formula is C23H27FN4O4. The second-order valence-electron chi connectivity index (χ2n) is 7.11. The molecule has 1 unspecified atom stereocenters. The Hall–Kier alpha value is -3.14. The molecule has 2 aliphatic heterocycles. The van der Waals surface area contributed by atoms with Gasteiger partial charge < -0.3 is 25.9 Å². The van der Waals surface area contributed by atoms with Gasteiger partial charge in [-0.15, -0.1) is 0 Å². The van der Waals surface area contributed by atoms with Gasteiger partial charge in [0, 0.05) is 29.1 Å². The number of fused-ring (bicyclic) bond motifs is 5. The van der Waals surface area contributed by atoms with Gasteiger partial charge in [-0.3, -0.25) is 4.79 Å². The Balaban J connectivity index is 0.000000686. The van der Waals surface area contributed by atoms with Crippen molar-refractivity contribution in [1.29, 1.82) is 0 Å². The van der Waals surface area contributed by atoms with Crippen molar-refractivity contribution in [2.24, 2.45) is 11.5 Å². The summed E-state index contributed by atoms with van der Waals surface area (Å²) in [6.07, 6.45) is -1.51. The first-order valence-corrected chi connectivity index (χ1v) is 10.4. The lowest BCUT2D eigenvalue weighted by molar-refractivity contribution is -0.157. The van der Waals surface area contributed by atoms with Gasteiger partial charge in [-0.2, -0.15) is 0 Å². The number of carbonyl (C=O) groups excluding carboxylic acids is 1. The maximum absolute atomic E-state index is 14.1. The number of nitrogens with two attached hydrogens (primary N) is 2. The van der Waals surface area contributed by atoms with E-state index in [2.05, 4.69) is 10.7 Å². The highest BCUT2D eigenvalue weighted by atomic mass is 19.1. The summed E-state index contributed by atoms with van der Waals surface area (Å²) >= 11 is 0. The van der Waals surface area contributed by atoms with Crippen molar-refractivity contribution >= 4 is 16.9 Å². The van der Waals surface area contributed by atoms with Crippen LogP contribution in [-0.2, 0) is 29.2 Å². The Morgan fingerprint density at radius 3 is 2.56 bits per heavy atom. The molecule has 0 fully saturated rings. The smallest absolute Gasteiger partial charge is 0.340 e. The van der Waals surface area contributed by atoms with Crippen molar-refractivity contribution in [3.8, 4) is 11.4 Å². The number of aryl methyl sites for hydroxylation is 1. The maximum atomic E-state index is 14.1. The van der Waals surface area contributed by atoms with E-state index in [1.54, 1.807) is 19.1 Å². The molecule has 0 saturated carbocycles. The highest BCUT2D eigenvalue weighted by Gasteiger charge is 2.34. The molecule has 170 valence electrons. The quantitative estimate of drug-likeness (QED) is 0.384. The summed E-state index contributed by atoms with van der Waals surface area (Å²) in [5.74, 6) is -1.16. The normalized spacial score (nSPS) is 15.5. The zero-order valence-electron chi connectivity index (χ0n) is 18.5. The first-order valence-electron chi connectivity index (χ1n) is 10.4. The zero-order chi connectivity index (χ0) is 23.7. The third-order valence-electron chi connectivity index (χ3n) is 5.56. The van der Waals surface area contributed by atoms with E-state index in [0.717, 1.165) is 16.5 Å². The average molecular weight is 442 g/mol. The molecule has 0 radical (unpaired) electrons. The molecule has 5 rings (SSSR count). The minimum absolute atomic E-state index is 0.176. The fourth-order valence-electron chi connectivity index (χ4n) is 4.07. The number of ether oxygens (including phenoxy) is 1. The summed E-state index contributed by atoms with van der Waals surface area (Å²) in [5, 5.41) is 10.9. The van der Waals surface area contributed by atoms with Crippen LogP contribution in [0.15, 0.2) is 23.0 Å². The molecule has 1 atom stereocenters. The zero-order valence-corrected chi connectivity index (χ0v) is 18.5. The summed E-state index contributed by atoms with van der Waals surface area (Å²) in [6.45, 7) is 5.98. The molecule has 5 N–H and O–H groups in total. The lowest BCUT2D eigenvalue weighted by atomic mass is 9.98. The molecule has 32 heavy (non-hydrogen) atoms. The summed E-state index contributed by atoms with van der Waals surface area (Å²) in [4.78, 5) is 29.3. The Bertz CT molecular complexity index is 1270. The van der Waals surface area contributed by atoms with Crippen LogP contribution in [-0.4, -0.2) is 27.7 Å². The van der Waals surface area contributed by atoms with Crippen molar-refractivity contribution in [3.63, 3.8) is 0 Å². The van der Waals surface area contributed by atoms with Gasteiger partial charge in [0.2, 0.25) is 0 Å². The molecule has 0 saturated heterocycles. The number of pyridine rings is 2. The monoisotopic (exact) mass is 442 g/mol. The van der Waals surface area contributed by atoms with Gasteiger partial charge in [0.15, 0.2) is 6.10 Å². The topological polar surface area (TPSA) is 133 Å². The van der Waals surface area contributed by atoms with Gasteiger partial charge in [-0.1, -0.05) is 13.8 Å². The number of hydrogen-bond acceptors (Lipinski definition) is 7. The molecule has 9 heteroatoms. The van der Waals surface area contributed by atoms with Gasteiger partial charge in [-0.05, 0) is 37.2 Å². The van der Waals surface area contributed by atoms with Gasteiger partial charge >= 0.3 is 5.97 Å². The molecule has 0 bridgehead atoms. The molecule has 2 aromatic heterocycles. The van der Waals surface area contributed by atoms with Crippen LogP contribution < -0.4 is 17.0 Å². The molecule has 3 aromatic rings. The van der Waals surface area contributed by atoms with E-state index < -0.39 is 12.1 Å². The third kappa shape index (κ3) is 3.48. The highest BCUT2D eigenvalue weighted by molar-refractivity contribution is 5.89. The Morgan fingerprint density at radius 1 is 1.22 bits per heavy atom. The summed E-state index contributed by atoms with van der Waals surface area (Å²) in [6, 6.07) is 4.67. The first kappa shape index (κ1) is 23.5. The minimum atomic E-state index is -1.51. The number of benzene rings is 1. The van der Waals surface area contributed by atoms with Crippen LogP contribution in [0.4, 0.5) is 4.39 Å². The predicted molar refractivity (Wildman–Crippen MR) is 119 cm³/mol. The molecule has 1 aromatic carbocycles. The Morgan fingerprint density at radius 2 is 1.91 bits per heavy atom. The molecule has 8 nitrogen and oxygen atoms in total. The highest BCUT2D eigenvalue weighted by Crippen LogP contribution is 2.38. The number of nitrogens with zero attached hydrogens (tertiary/aromatic N) is 2. The van der Waals surface area contributed by atoms with E-state index in [-0.39, 0.29) is 42.2 Å². The maximum Gasteiger partial charge on any atom is 0.340 e. The largest absolute Gasteiger partial charge is 0.458 e. The van der Waals surface area contributed by atoms with E-state index in [9.17, 15) is 19.1 Å². The SMILES string of the molecule is CC.CN.Cc1cc2c(CN)c3c(nc2cc1F)-c1cc2c(c(=O)n1C3)COC(=O)C2O. The van der Waals surface area contributed by atoms with Gasteiger partial charge in [0.05, 0.1) is 29.0 Å². The van der Waals surface area contributed by atoms with E-state index in [0.29, 0.717) is 22.5 Å². The van der Waals surface area contributed by atoms with Crippen LogP contribution in [0, 0.1) is 12.7 Å². The lowest BCUT2D eigenvalue weighted by Gasteiger charge is -2.21. The van der Waals surface area contributed by atoms with Crippen LogP contribution >= 0.6 is 0 Å². The number of cyclic esters (lactones) is 1. The molecule has 2 aliphatic rings. The standard InChI is InChI=1S/C20H16FN3O4.C2H6.CH5N/c1-8-2-9-11(5-22)12-6-24-16(17(12)23-15(9)4-14(8)21)3-10-13(19(24)26)7-28-20(27)18(10)25;2*1-2/h2-4,18,25H,5-7,22H2,1H3;1-2H3;2H2,1H3. The van der Waals surface area contributed by atoms with Gasteiger partial charge in [-0.25, -0.2) is 14.2 Å². The van der Waals surface area contributed by atoms with Gasteiger partial charge in [0.1, 0.15) is 12.4 Å². The number of aromatic nitrogens is 2. The molecule has 0 spiro atoms. The van der Waals surface area contributed by atoms with Crippen molar-refractivity contribution in [2.75, 3.05) is 7.05 Å². The number of rotatable bonds is 1. The van der Waals surface area contributed by atoms with Crippen LogP contribution in [0.5, 0.6) is 0 Å². The van der Waals surface area contributed by atoms with E-state index in [1.165, 1.54) is 17.7 Å². The average Bonchev–Trinajstić information content (AvgIpc) is 3.17. The van der Waals surface area contributed by atoms with E-state index in [4.69, 9.17) is 10.5 Å². The van der Waals surface area contributed by atoms with Crippen molar-refractivity contribution in [2.45, 2.75) is 46.6 Å². The second-order valence-corrected chi connectivity index (χ2v) is 7.11. The summed E-state index contributed by atoms with van der Waals surface area (Å²) in [5.41, 5.74) is 14.2. The Labute approximate surface area is 184 Å². The van der Waals surface area contributed by atoms with Crippen LogP contribution in [0.1, 0.15) is 47.8 Å². The Kier molecular flexibility index (Phi) is 6.73. The minimum Gasteiger partial charge on any atom is -0.458 e. The van der Waals surface area contributed by atoms with Crippen LogP contribution in [0.2, 0.25) is 0 Å². The molecule has 0 amide bonds. The molecular weight excluding hydrogens is 415 g/mol. The number of aliphatic hydroxyl groups is 1. The number of hydrogen-bond donors (Lipinski definition) is 3. The van der Waals surface area contributed by atoms with Crippen LogP contribution in [0.25, 0.3) is 22.3 Å². The molecule has 4 heterocycles. The van der Waals surface area contributed by atoms with E-state index in [1.807, 2.05) is 13.8 Å². The van der Waals surface area contributed by atoms with Gasteiger partial charge in [0.25, 0.3) is 5.56 Å². The predicted octanol–water partition coefficient (Wildman–Crippen LogP) is 2.02. The molecule has 0 aliphatic carbocycles. The van der Waals surface area contributed by atoms with Crippen molar-refractivity contribution in [3.05, 3.63) is 62.2 Å². The summed E-state index contributed by atoms with van der Waals surface area (Å²) in [7, 11) is 1.50. The van der Waals surface area contributed by atoms with Crippen molar-refractivity contribution < 1.29 is 19.0 Å². The second kappa shape index (κ2) is 9.15. The lowest BCUT2D eigenvalue weighted by Crippen LogP contribution is -2.32. The van der Waals surface area contributed by atoms with E-state index >= 15 is 0 Å². The first-order chi connectivity index (χ1) is 15.4. The number of esters is 1. The fraction of sp³-hybridized carbons (Fsp3) is 0.348. The number of halogens is 1. The van der Waals surface area contributed by atoms with Crippen LogP contribution in [0.3, 0.4) is 0 Å². The fourth-order valence-corrected chi connectivity index (χ4v) is 4.07.